The number of amides is 1. The van der Waals surface area contributed by atoms with Crippen molar-refractivity contribution < 1.29 is 17.9 Å². The second-order valence-corrected chi connectivity index (χ2v) is 9.10. The largest absolute Gasteiger partial charge is 0.494 e. The molecule has 7 heteroatoms. The molecule has 29 heavy (non-hydrogen) atoms. The zero-order valence-electron chi connectivity index (χ0n) is 17.9. The van der Waals surface area contributed by atoms with Gasteiger partial charge in [-0.15, -0.1) is 0 Å². The molecule has 0 saturated heterocycles. The molecule has 2 atom stereocenters. The van der Waals surface area contributed by atoms with Crippen LogP contribution in [0, 0.1) is 13.8 Å². The summed E-state index contributed by atoms with van der Waals surface area (Å²) in [4.78, 5) is 12.9. The summed E-state index contributed by atoms with van der Waals surface area (Å²) in [6, 6.07) is 11.5. The van der Waals surface area contributed by atoms with E-state index < -0.39 is 16.1 Å². The second kappa shape index (κ2) is 9.31. The first-order valence-corrected chi connectivity index (χ1v) is 11.5. The number of carbonyl (C=O) groups is 1. The van der Waals surface area contributed by atoms with Gasteiger partial charge in [0.05, 0.1) is 24.6 Å². The number of benzene rings is 2. The number of rotatable bonds is 8. The molecule has 0 radical (unpaired) electrons. The Morgan fingerprint density at radius 3 is 2.21 bits per heavy atom. The maximum atomic E-state index is 12.9. The molecule has 0 spiro atoms. The highest BCUT2D eigenvalue weighted by Crippen LogP contribution is 2.25. The minimum absolute atomic E-state index is 0.244. The SMILES string of the molecule is CCOc1ccc(N([C@H](C)C(=O)N[C@@H](C)c2ccc(C)c(C)c2)S(C)(=O)=O)cc1. The third-order valence-electron chi connectivity index (χ3n) is 4.88. The van der Waals surface area contributed by atoms with Gasteiger partial charge in [-0.05, 0) is 75.6 Å². The highest BCUT2D eigenvalue weighted by Gasteiger charge is 2.30. The van der Waals surface area contributed by atoms with Crippen LogP contribution < -0.4 is 14.4 Å². The van der Waals surface area contributed by atoms with Gasteiger partial charge in [0.15, 0.2) is 0 Å². The summed E-state index contributed by atoms with van der Waals surface area (Å²) in [7, 11) is -3.67. The molecular weight excluding hydrogens is 388 g/mol. The fourth-order valence-corrected chi connectivity index (χ4v) is 4.29. The second-order valence-electron chi connectivity index (χ2n) is 7.24. The summed E-state index contributed by atoms with van der Waals surface area (Å²) >= 11 is 0. The van der Waals surface area contributed by atoms with E-state index in [2.05, 4.69) is 5.32 Å². The van der Waals surface area contributed by atoms with Crippen LogP contribution >= 0.6 is 0 Å². The van der Waals surface area contributed by atoms with E-state index in [1.807, 2.05) is 45.9 Å². The lowest BCUT2D eigenvalue weighted by Crippen LogP contribution is -2.48. The number of aryl methyl sites for hydroxylation is 2. The van der Waals surface area contributed by atoms with Gasteiger partial charge >= 0.3 is 0 Å². The van der Waals surface area contributed by atoms with E-state index in [4.69, 9.17) is 4.74 Å². The molecular formula is C22H30N2O4S. The van der Waals surface area contributed by atoms with E-state index in [1.165, 1.54) is 5.56 Å². The Kier molecular flexibility index (Phi) is 7.30. The van der Waals surface area contributed by atoms with E-state index >= 15 is 0 Å². The van der Waals surface area contributed by atoms with Crippen molar-refractivity contribution in [2.24, 2.45) is 0 Å². The van der Waals surface area contributed by atoms with Crippen LogP contribution in [-0.4, -0.2) is 33.2 Å². The van der Waals surface area contributed by atoms with E-state index in [0.717, 1.165) is 21.7 Å². The predicted molar refractivity (Wildman–Crippen MR) is 117 cm³/mol. The van der Waals surface area contributed by atoms with Crippen LogP contribution in [0.4, 0.5) is 5.69 Å². The van der Waals surface area contributed by atoms with Crippen molar-refractivity contribution in [2.45, 2.75) is 46.7 Å². The van der Waals surface area contributed by atoms with Crippen LogP contribution in [-0.2, 0) is 14.8 Å². The summed E-state index contributed by atoms with van der Waals surface area (Å²) in [5.41, 5.74) is 3.71. The smallest absolute Gasteiger partial charge is 0.244 e. The van der Waals surface area contributed by atoms with Crippen molar-refractivity contribution >= 4 is 21.6 Å². The number of nitrogens with one attached hydrogen (secondary N) is 1. The number of ether oxygens (including phenoxy) is 1. The topological polar surface area (TPSA) is 75.7 Å². The molecule has 0 fully saturated rings. The monoisotopic (exact) mass is 418 g/mol. The zero-order chi connectivity index (χ0) is 21.8. The Hall–Kier alpha value is -2.54. The zero-order valence-corrected chi connectivity index (χ0v) is 18.7. The molecule has 6 nitrogen and oxygen atoms in total. The van der Waals surface area contributed by atoms with Crippen molar-refractivity contribution in [1.82, 2.24) is 5.32 Å². The molecule has 1 N–H and O–H groups in total. The number of hydrogen-bond donors (Lipinski definition) is 1. The quantitative estimate of drug-likeness (QED) is 0.709. The summed E-state index contributed by atoms with van der Waals surface area (Å²) < 4.78 is 31.4. The van der Waals surface area contributed by atoms with Gasteiger partial charge in [-0.25, -0.2) is 8.42 Å². The summed E-state index contributed by atoms with van der Waals surface area (Å²) in [6.07, 6.45) is 1.10. The first kappa shape index (κ1) is 22.7. The number of hydrogen-bond acceptors (Lipinski definition) is 4. The molecule has 2 aromatic carbocycles. The predicted octanol–water partition coefficient (Wildman–Crippen LogP) is 3.73. The lowest BCUT2D eigenvalue weighted by Gasteiger charge is -2.29. The lowest BCUT2D eigenvalue weighted by atomic mass is 10.0. The van der Waals surface area contributed by atoms with Gasteiger partial charge in [0.2, 0.25) is 15.9 Å². The Morgan fingerprint density at radius 2 is 1.69 bits per heavy atom. The minimum Gasteiger partial charge on any atom is -0.494 e. The van der Waals surface area contributed by atoms with Crippen molar-refractivity contribution in [3.63, 3.8) is 0 Å². The van der Waals surface area contributed by atoms with Crippen molar-refractivity contribution in [1.29, 1.82) is 0 Å². The van der Waals surface area contributed by atoms with Gasteiger partial charge in [-0.2, -0.15) is 0 Å². The standard InChI is InChI=1S/C22H30N2O4S/c1-7-28-21-12-10-20(11-13-21)24(29(6,26)27)18(5)22(25)23-17(4)19-9-8-15(2)16(3)14-19/h8-14,17-18H,7H2,1-6H3,(H,23,25)/t17-,18+/m0/s1. The van der Waals surface area contributed by atoms with Crippen molar-refractivity contribution in [2.75, 3.05) is 17.2 Å². The molecule has 0 aliphatic heterocycles. The Morgan fingerprint density at radius 1 is 1.07 bits per heavy atom. The average molecular weight is 419 g/mol. The third-order valence-corrected chi connectivity index (χ3v) is 6.12. The summed E-state index contributed by atoms with van der Waals surface area (Å²) in [6.45, 7) is 9.92. The van der Waals surface area contributed by atoms with Crippen molar-refractivity contribution in [3.8, 4) is 5.75 Å². The summed E-state index contributed by atoms with van der Waals surface area (Å²) in [5.74, 6) is 0.278. The molecule has 0 saturated carbocycles. The highest BCUT2D eigenvalue weighted by atomic mass is 32.2. The van der Waals surface area contributed by atoms with E-state index in [0.29, 0.717) is 18.0 Å². The van der Waals surface area contributed by atoms with Gasteiger partial charge in [0.1, 0.15) is 11.8 Å². The first-order chi connectivity index (χ1) is 13.5. The van der Waals surface area contributed by atoms with Crippen molar-refractivity contribution in [3.05, 3.63) is 59.2 Å². The first-order valence-electron chi connectivity index (χ1n) is 9.64. The van der Waals surface area contributed by atoms with Crippen LogP contribution in [0.25, 0.3) is 0 Å². The molecule has 2 rings (SSSR count). The fourth-order valence-electron chi connectivity index (χ4n) is 3.12. The molecule has 0 aliphatic rings. The van der Waals surface area contributed by atoms with Crippen LogP contribution in [0.15, 0.2) is 42.5 Å². The molecule has 0 unspecified atom stereocenters. The molecule has 2 aromatic rings. The van der Waals surface area contributed by atoms with E-state index in [9.17, 15) is 13.2 Å². The molecule has 0 bridgehead atoms. The number of nitrogens with zero attached hydrogens (tertiary/aromatic N) is 1. The number of anilines is 1. The highest BCUT2D eigenvalue weighted by molar-refractivity contribution is 7.92. The Bertz CT molecular complexity index is 955. The molecule has 0 aliphatic carbocycles. The molecule has 0 aromatic heterocycles. The third kappa shape index (κ3) is 5.73. The van der Waals surface area contributed by atoms with Crippen LogP contribution in [0.2, 0.25) is 0 Å². The van der Waals surface area contributed by atoms with E-state index in [1.54, 1.807) is 31.2 Å². The summed E-state index contributed by atoms with van der Waals surface area (Å²) in [5, 5.41) is 2.93. The van der Waals surface area contributed by atoms with E-state index in [-0.39, 0.29) is 11.9 Å². The minimum atomic E-state index is -3.67. The maximum absolute atomic E-state index is 12.9. The van der Waals surface area contributed by atoms with Gasteiger partial charge in [-0.3, -0.25) is 9.10 Å². The maximum Gasteiger partial charge on any atom is 0.244 e. The van der Waals surface area contributed by atoms with Crippen LogP contribution in [0.1, 0.15) is 43.5 Å². The Labute approximate surface area is 173 Å². The molecule has 0 heterocycles. The lowest BCUT2D eigenvalue weighted by molar-refractivity contribution is -0.122. The Balaban J connectivity index is 2.23. The van der Waals surface area contributed by atoms with Gasteiger partial charge < -0.3 is 10.1 Å². The average Bonchev–Trinajstić information content (AvgIpc) is 2.64. The van der Waals surface area contributed by atoms with Crippen LogP contribution in [0.5, 0.6) is 5.75 Å². The van der Waals surface area contributed by atoms with Gasteiger partial charge in [-0.1, -0.05) is 18.2 Å². The van der Waals surface area contributed by atoms with Gasteiger partial charge in [0.25, 0.3) is 0 Å². The van der Waals surface area contributed by atoms with Crippen LogP contribution in [0.3, 0.4) is 0 Å². The fraction of sp³-hybridized carbons (Fsp3) is 0.409. The molecule has 1 amide bonds. The van der Waals surface area contributed by atoms with Gasteiger partial charge in [0, 0.05) is 0 Å². The number of carbonyl (C=O) groups excluding carboxylic acids is 1. The number of sulfonamides is 1. The molecule has 158 valence electrons. The normalized spacial score (nSPS) is 13.4.